The Morgan fingerprint density at radius 3 is 2.59 bits per heavy atom. The molecular weight excluding hydrogens is 340 g/mol. The number of likely N-dealkylation sites (N-methyl/N-ethyl adjacent to an activating group) is 1. The van der Waals surface area contributed by atoms with Crippen LogP contribution in [-0.4, -0.2) is 65.1 Å². The lowest BCUT2D eigenvalue weighted by atomic mass is 9.91. The molecule has 1 atom stereocenters. The summed E-state index contributed by atoms with van der Waals surface area (Å²) < 4.78 is 7.43. The first-order valence-electron chi connectivity index (χ1n) is 9.89. The maximum absolute atomic E-state index is 12.9. The second kappa shape index (κ2) is 7.72. The number of fused-ring (bicyclic) bond motifs is 1. The Balaban J connectivity index is 1.44. The van der Waals surface area contributed by atoms with E-state index in [1.165, 1.54) is 5.56 Å². The van der Waals surface area contributed by atoms with Gasteiger partial charge in [-0.3, -0.25) is 4.79 Å². The highest BCUT2D eigenvalue weighted by Crippen LogP contribution is 2.30. The molecule has 3 heterocycles. The molecule has 6 nitrogen and oxygen atoms in total. The van der Waals surface area contributed by atoms with E-state index in [-0.39, 0.29) is 5.91 Å². The van der Waals surface area contributed by atoms with Gasteiger partial charge in [0.1, 0.15) is 17.3 Å². The topological polar surface area (TPSA) is 50.6 Å². The summed E-state index contributed by atoms with van der Waals surface area (Å²) in [5.41, 5.74) is 1.92. The van der Waals surface area contributed by atoms with Crippen molar-refractivity contribution in [3.05, 3.63) is 47.5 Å². The van der Waals surface area contributed by atoms with Gasteiger partial charge in [-0.25, -0.2) is 4.98 Å². The Morgan fingerprint density at radius 1 is 1.19 bits per heavy atom. The summed E-state index contributed by atoms with van der Waals surface area (Å²) in [6, 6.07) is 8.32. The number of imidazole rings is 1. The van der Waals surface area contributed by atoms with E-state index >= 15 is 0 Å². The molecule has 4 rings (SSSR count). The molecule has 6 heteroatoms. The highest BCUT2D eigenvalue weighted by Gasteiger charge is 2.27. The Bertz CT molecular complexity index is 791. The fourth-order valence-electron chi connectivity index (χ4n) is 4.12. The van der Waals surface area contributed by atoms with Gasteiger partial charge < -0.3 is 19.1 Å². The summed E-state index contributed by atoms with van der Waals surface area (Å²) in [4.78, 5) is 21.8. The van der Waals surface area contributed by atoms with E-state index in [9.17, 15) is 4.79 Å². The molecular formula is C21H28N4O2. The molecule has 1 aromatic heterocycles. The first-order chi connectivity index (χ1) is 13.2. The number of carbonyl (C=O) groups excluding carboxylic acids is 1. The number of nitrogens with zero attached hydrogens (tertiary/aromatic N) is 4. The van der Waals surface area contributed by atoms with Gasteiger partial charge in [0.15, 0.2) is 0 Å². The van der Waals surface area contributed by atoms with E-state index in [1.807, 2.05) is 23.2 Å². The van der Waals surface area contributed by atoms with Crippen LogP contribution < -0.4 is 4.74 Å². The molecule has 1 fully saturated rings. The molecule has 27 heavy (non-hydrogen) atoms. The number of aryl methyl sites for hydroxylation is 1. The van der Waals surface area contributed by atoms with Crippen molar-refractivity contribution in [1.82, 2.24) is 19.4 Å². The van der Waals surface area contributed by atoms with Gasteiger partial charge in [-0.05, 0) is 30.7 Å². The standard InChI is InChI=1S/C21H28N4O2/c1-3-23-10-12-24(13-11-23)21(26)19-15-25-14-17(6-9-20(25)22-19)16-4-7-18(27-2)8-5-16/h4-5,7-8,15,17H,3,6,9-14H2,1-2H3. The van der Waals surface area contributed by atoms with E-state index in [4.69, 9.17) is 4.74 Å². The number of piperazine rings is 1. The highest BCUT2D eigenvalue weighted by molar-refractivity contribution is 5.92. The van der Waals surface area contributed by atoms with Crippen molar-refractivity contribution >= 4 is 5.91 Å². The largest absolute Gasteiger partial charge is 0.497 e. The van der Waals surface area contributed by atoms with Gasteiger partial charge in [-0.2, -0.15) is 0 Å². The predicted octanol–water partition coefficient (Wildman–Crippen LogP) is 2.40. The van der Waals surface area contributed by atoms with Crippen LogP contribution in [0.1, 0.15) is 41.1 Å². The van der Waals surface area contributed by atoms with Gasteiger partial charge in [-0.1, -0.05) is 19.1 Å². The third-order valence-electron chi connectivity index (χ3n) is 5.91. The number of hydrogen-bond acceptors (Lipinski definition) is 4. The summed E-state index contributed by atoms with van der Waals surface area (Å²) >= 11 is 0. The minimum absolute atomic E-state index is 0.0775. The summed E-state index contributed by atoms with van der Waals surface area (Å²) in [5, 5.41) is 0. The van der Waals surface area contributed by atoms with E-state index in [2.05, 4.69) is 33.5 Å². The molecule has 0 saturated carbocycles. The number of rotatable bonds is 4. The summed E-state index contributed by atoms with van der Waals surface area (Å²) in [5.74, 6) is 2.45. The van der Waals surface area contributed by atoms with Crippen LogP contribution in [0.15, 0.2) is 30.5 Å². The first-order valence-corrected chi connectivity index (χ1v) is 9.89. The lowest BCUT2D eigenvalue weighted by Gasteiger charge is -2.33. The molecule has 1 aromatic carbocycles. The van der Waals surface area contributed by atoms with Crippen molar-refractivity contribution in [3.63, 3.8) is 0 Å². The Kier molecular flexibility index (Phi) is 5.16. The Labute approximate surface area is 160 Å². The number of ether oxygens (including phenoxy) is 1. The lowest BCUT2D eigenvalue weighted by molar-refractivity contribution is 0.0638. The molecule has 0 aliphatic carbocycles. The van der Waals surface area contributed by atoms with E-state index < -0.39 is 0 Å². The van der Waals surface area contributed by atoms with Gasteiger partial charge in [0, 0.05) is 51.3 Å². The molecule has 144 valence electrons. The summed E-state index contributed by atoms with van der Waals surface area (Å²) in [7, 11) is 1.69. The van der Waals surface area contributed by atoms with Crippen LogP contribution >= 0.6 is 0 Å². The van der Waals surface area contributed by atoms with Gasteiger partial charge in [-0.15, -0.1) is 0 Å². The van der Waals surface area contributed by atoms with E-state index in [1.54, 1.807) is 7.11 Å². The highest BCUT2D eigenvalue weighted by atomic mass is 16.5. The number of amides is 1. The molecule has 2 aliphatic heterocycles. The van der Waals surface area contributed by atoms with E-state index in [0.29, 0.717) is 11.6 Å². The van der Waals surface area contributed by atoms with Crippen molar-refractivity contribution in [2.75, 3.05) is 39.8 Å². The number of methoxy groups -OCH3 is 1. The average molecular weight is 368 g/mol. The van der Waals surface area contributed by atoms with Crippen LogP contribution in [0.3, 0.4) is 0 Å². The van der Waals surface area contributed by atoms with Gasteiger partial charge in [0.25, 0.3) is 5.91 Å². The molecule has 0 bridgehead atoms. The minimum Gasteiger partial charge on any atom is -0.497 e. The maximum atomic E-state index is 12.9. The van der Waals surface area contributed by atoms with Gasteiger partial charge >= 0.3 is 0 Å². The second-order valence-corrected chi connectivity index (χ2v) is 7.43. The van der Waals surface area contributed by atoms with Crippen molar-refractivity contribution < 1.29 is 9.53 Å². The zero-order valence-corrected chi connectivity index (χ0v) is 16.2. The SMILES string of the molecule is CCN1CCN(C(=O)c2cn3c(n2)CCC(c2ccc(OC)cc2)C3)CC1. The number of benzene rings is 1. The van der Waals surface area contributed by atoms with Crippen molar-refractivity contribution in [2.24, 2.45) is 0 Å². The minimum atomic E-state index is 0.0775. The number of carbonyl (C=O) groups is 1. The fraction of sp³-hybridized carbons (Fsp3) is 0.524. The summed E-state index contributed by atoms with van der Waals surface area (Å²) in [6.45, 7) is 7.59. The normalized spacial score (nSPS) is 20.4. The molecule has 1 unspecified atom stereocenters. The zero-order valence-electron chi connectivity index (χ0n) is 16.2. The van der Waals surface area contributed by atoms with Crippen molar-refractivity contribution in [1.29, 1.82) is 0 Å². The van der Waals surface area contributed by atoms with Gasteiger partial charge in [0.2, 0.25) is 0 Å². The average Bonchev–Trinajstić information content (AvgIpc) is 3.16. The molecule has 0 N–H and O–H groups in total. The third kappa shape index (κ3) is 3.72. The quantitative estimate of drug-likeness (QED) is 0.832. The summed E-state index contributed by atoms with van der Waals surface area (Å²) in [6.07, 6.45) is 3.93. The smallest absolute Gasteiger partial charge is 0.274 e. The molecule has 1 amide bonds. The van der Waals surface area contributed by atoms with Crippen LogP contribution in [0.4, 0.5) is 0 Å². The van der Waals surface area contributed by atoms with Crippen LogP contribution in [0.2, 0.25) is 0 Å². The second-order valence-electron chi connectivity index (χ2n) is 7.43. The van der Waals surface area contributed by atoms with Crippen molar-refractivity contribution in [3.8, 4) is 5.75 Å². The van der Waals surface area contributed by atoms with Crippen LogP contribution in [-0.2, 0) is 13.0 Å². The zero-order chi connectivity index (χ0) is 18.8. The molecule has 0 radical (unpaired) electrons. The lowest BCUT2D eigenvalue weighted by Crippen LogP contribution is -2.48. The van der Waals surface area contributed by atoms with Crippen LogP contribution in [0.5, 0.6) is 5.75 Å². The fourth-order valence-corrected chi connectivity index (χ4v) is 4.12. The number of hydrogen-bond donors (Lipinski definition) is 0. The Morgan fingerprint density at radius 2 is 1.93 bits per heavy atom. The Hall–Kier alpha value is -2.34. The van der Waals surface area contributed by atoms with Crippen LogP contribution in [0, 0.1) is 0 Å². The first kappa shape index (κ1) is 18.0. The molecule has 2 aromatic rings. The van der Waals surface area contributed by atoms with Crippen molar-refractivity contribution in [2.45, 2.75) is 32.2 Å². The maximum Gasteiger partial charge on any atom is 0.274 e. The molecule has 2 aliphatic rings. The monoisotopic (exact) mass is 368 g/mol. The predicted molar refractivity (Wildman–Crippen MR) is 104 cm³/mol. The number of aromatic nitrogens is 2. The van der Waals surface area contributed by atoms with E-state index in [0.717, 1.165) is 63.7 Å². The third-order valence-corrected chi connectivity index (χ3v) is 5.91. The molecule has 1 saturated heterocycles. The van der Waals surface area contributed by atoms with Gasteiger partial charge in [0.05, 0.1) is 7.11 Å². The molecule has 0 spiro atoms. The van der Waals surface area contributed by atoms with Crippen LogP contribution in [0.25, 0.3) is 0 Å².